The molecule has 0 aromatic carbocycles. The van der Waals surface area contributed by atoms with Gasteiger partial charge in [-0.1, -0.05) is 6.58 Å². The third-order valence-electron chi connectivity index (χ3n) is 1.46. The van der Waals surface area contributed by atoms with Crippen LogP contribution in [0.3, 0.4) is 0 Å². The van der Waals surface area contributed by atoms with E-state index >= 15 is 0 Å². The van der Waals surface area contributed by atoms with Crippen molar-refractivity contribution in [3.8, 4) is 0 Å². The maximum atomic E-state index is 9.97. The fraction of sp³-hybridized carbons (Fsp3) is 0. The molecule has 0 spiro atoms. The van der Waals surface area contributed by atoms with Gasteiger partial charge in [-0.2, -0.15) is 0 Å². The summed E-state index contributed by atoms with van der Waals surface area (Å²) in [4.78, 5) is 39.1. The van der Waals surface area contributed by atoms with Crippen molar-refractivity contribution >= 4 is 23.9 Å². The molecule has 2 N–H and O–H groups in total. The molecule has 0 radical (unpaired) electrons. The Morgan fingerprint density at radius 1 is 1.15 bits per heavy atom. The van der Waals surface area contributed by atoms with Crippen molar-refractivity contribution in [1.29, 1.82) is 0 Å². The van der Waals surface area contributed by atoms with Crippen LogP contribution in [0, 0.1) is 0 Å². The van der Waals surface area contributed by atoms with Gasteiger partial charge in [-0.15, -0.1) is 0 Å². The molecular formula is C12H10O8. The Kier molecular flexibility index (Phi) is 7.46. The number of ether oxygens (including phenoxy) is 1. The first-order valence-corrected chi connectivity index (χ1v) is 4.92. The first-order chi connectivity index (χ1) is 9.36. The molecule has 106 valence electrons. The third-order valence-corrected chi connectivity index (χ3v) is 1.46. The molecule has 0 unspecified atom stereocenters. The Hall–Kier alpha value is -3.16. The molecule has 1 aliphatic heterocycles. The molecule has 0 amide bonds. The highest BCUT2D eigenvalue weighted by Crippen LogP contribution is 1.97. The van der Waals surface area contributed by atoms with Crippen LogP contribution in [0.4, 0.5) is 0 Å². The highest BCUT2D eigenvalue weighted by atomic mass is 16.6. The molecule has 1 aliphatic rings. The molecule has 1 aromatic rings. The number of carbonyl (C=O) groups is 4. The summed E-state index contributed by atoms with van der Waals surface area (Å²) in [6.45, 7) is 2.96. The van der Waals surface area contributed by atoms with Crippen molar-refractivity contribution < 1.29 is 38.5 Å². The lowest BCUT2D eigenvalue weighted by atomic mass is 10.5. The van der Waals surface area contributed by atoms with Crippen LogP contribution in [0.2, 0.25) is 0 Å². The molecule has 0 saturated heterocycles. The van der Waals surface area contributed by atoms with Crippen molar-refractivity contribution in [1.82, 2.24) is 0 Å². The van der Waals surface area contributed by atoms with Gasteiger partial charge in [0.15, 0.2) is 0 Å². The molecule has 20 heavy (non-hydrogen) atoms. The summed E-state index contributed by atoms with van der Waals surface area (Å²) in [6, 6.07) is 2.92. The van der Waals surface area contributed by atoms with Gasteiger partial charge < -0.3 is 19.4 Å². The van der Waals surface area contributed by atoms with E-state index in [1.54, 1.807) is 0 Å². The van der Waals surface area contributed by atoms with Gasteiger partial charge in [0.05, 0.1) is 6.26 Å². The maximum absolute atomic E-state index is 9.97. The molecule has 0 aliphatic carbocycles. The molecular weight excluding hydrogens is 272 g/mol. The second kappa shape index (κ2) is 8.86. The number of hydrogen-bond acceptors (Lipinski definition) is 6. The first-order valence-electron chi connectivity index (χ1n) is 4.92. The standard InChI is InChI=1S/C5H4O3.C4H2O3.C3H4O2/c6-5(7)4-2-1-3-8-4;5-3-1-2-4(6)7-3;1-2-3(4)5/h1-3H,(H,6,7);1-2H;2H,1H2,(H,4,5). The number of rotatable bonds is 2. The highest BCUT2D eigenvalue weighted by Gasteiger charge is 2.10. The van der Waals surface area contributed by atoms with E-state index in [0.29, 0.717) is 0 Å². The Bertz CT molecular complexity index is 508. The number of hydrogen-bond donors (Lipinski definition) is 2. The summed E-state index contributed by atoms with van der Waals surface area (Å²) in [5.41, 5.74) is 0. The van der Waals surface area contributed by atoms with Crippen LogP contribution in [0.25, 0.3) is 0 Å². The number of aliphatic carboxylic acids is 1. The van der Waals surface area contributed by atoms with E-state index in [2.05, 4.69) is 15.7 Å². The van der Waals surface area contributed by atoms with Crippen molar-refractivity contribution in [3.63, 3.8) is 0 Å². The summed E-state index contributed by atoms with van der Waals surface area (Å²) in [6.07, 6.45) is 4.33. The van der Waals surface area contributed by atoms with Gasteiger partial charge in [0, 0.05) is 18.2 Å². The fourth-order valence-corrected chi connectivity index (χ4v) is 0.704. The van der Waals surface area contributed by atoms with Gasteiger partial charge in [-0.3, -0.25) is 0 Å². The van der Waals surface area contributed by atoms with Crippen LogP contribution in [-0.4, -0.2) is 34.1 Å². The molecule has 0 atom stereocenters. The predicted molar refractivity (Wildman–Crippen MR) is 63.7 cm³/mol. The summed E-state index contributed by atoms with van der Waals surface area (Å²) >= 11 is 0. The molecule has 2 heterocycles. The number of cyclic esters (lactones) is 2. The number of carbonyl (C=O) groups excluding carboxylic acids is 2. The summed E-state index contributed by atoms with van der Waals surface area (Å²) in [5.74, 6) is -3.19. The van der Waals surface area contributed by atoms with Crippen molar-refractivity contribution in [2.75, 3.05) is 0 Å². The number of carboxylic acids is 2. The molecule has 0 saturated carbocycles. The van der Waals surface area contributed by atoms with Crippen LogP contribution in [-0.2, 0) is 19.1 Å². The average Bonchev–Trinajstić information content (AvgIpc) is 3.02. The van der Waals surface area contributed by atoms with Crippen molar-refractivity contribution in [3.05, 3.63) is 49.0 Å². The quantitative estimate of drug-likeness (QED) is 0.464. The zero-order valence-corrected chi connectivity index (χ0v) is 10.0. The molecule has 8 nitrogen and oxygen atoms in total. The van der Waals surface area contributed by atoms with E-state index in [9.17, 15) is 19.2 Å². The normalized spacial score (nSPS) is 11.4. The van der Waals surface area contributed by atoms with Crippen LogP contribution in [0.15, 0.2) is 47.6 Å². The van der Waals surface area contributed by atoms with Gasteiger partial charge in [-0.25, -0.2) is 19.2 Å². The van der Waals surface area contributed by atoms with E-state index < -0.39 is 23.9 Å². The van der Waals surface area contributed by atoms with E-state index in [4.69, 9.17) is 10.2 Å². The zero-order valence-electron chi connectivity index (χ0n) is 10.0. The summed E-state index contributed by atoms with van der Waals surface area (Å²) in [5, 5.41) is 15.8. The Balaban J connectivity index is 0.000000280. The van der Waals surface area contributed by atoms with Crippen LogP contribution < -0.4 is 0 Å². The Labute approximate surface area is 112 Å². The lowest BCUT2D eigenvalue weighted by molar-refractivity contribution is -0.150. The number of furan rings is 1. The van der Waals surface area contributed by atoms with Crippen LogP contribution in [0.5, 0.6) is 0 Å². The second-order valence-corrected chi connectivity index (χ2v) is 2.90. The minimum atomic E-state index is -1.03. The van der Waals surface area contributed by atoms with Gasteiger partial charge in [0.25, 0.3) is 0 Å². The summed E-state index contributed by atoms with van der Waals surface area (Å²) in [7, 11) is 0. The number of carboxylic acid groups (broad SMARTS) is 2. The largest absolute Gasteiger partial charge is 0.478 e. The monoisotopic (exact) mass is 282 g/mol. The minimum absolute atomic E-state index is 0.0231. The summed E-state index contributed by atoms with van der Waals surface area (Å²) < 4.78 is 8.47. The van der Waals surface area contributed by atoms with E-state index in [1.807, 2.05) is 0 Å². The second-order valence-electron chi connectivity index (χ2n) is 2.90. The van der Waals surface area contributed by atoms with Gasteiger partial charge in [0.1, 0.15) is 0 Å². The van der Waals surface area contributed by atoms with E-state index in [-0.39, 0.29) is 5.76 Å². The Morgan fingerprint density at radius 2 is 1.65 bits per heavy atom. The van der Waals surface area contributed by atoms with Gasteiger partial charge in [0.2, 0.25) is 5.76 Å². The van der Waals surface area contributed by atoms with Crippen molar-refractivity contribution in [2.45, 2.75) is 0 Å². The lowest BCUT2D eigenvalue weighted by Gasteiger charge is -1.80. The molecule has 1 aromatic heterocycles. The molecule has 0 fully saturated rings. The molecule has 0 bridgehead atoms. The molecule has 8 heteroatoms. The fourth-order valence-electron chi connectivity index (χ4n) is 0.704. The first kappa shape index (κ1) is 16.8. The average molecular weight is 282 g/mol. The van der Waals surface area contributed by atoms with Crippen molar-refractivity contribution in [2.24, 2.45) is 0 Å². The van der Waals surface area contributed by atoms with Crippen LogP contribution in [0.1, 0.15) is 10.6 Å². The molecule has 2 rings (SSSR count). The van der Waals surface area contributed by atoms with Crippen LogP contribution >= 0.6 is 0 Å². The maximum Gasteiger partial charge on any atom is 0.371 e. The topological polar surface area (TPSA) is 131 Å². The lowest BCUT2D eigenvalue weighted by Crippen LogP contribution is -1.96. The predicted octanol–water partition coefficient (Wildman–Crippen LogP) is 0.861. The number of aromatic carboxylic acids is 1. The van der Waals surface area contributed by atoms with Gasteiger partial charge in [-0.05, 0) is 12.1 Å². The van der Waals surface area contributed by atoms with E-state index in [0.717, 1.165) is 18.2 Å². The zero-order chi connectivity index (χ0) is 15.5. The van der Waals surface area contributed by atoms with Gasteiger partial charge >= 0.3 is 23.9 Å². The Morgan fingerprint density at radius 3 is 1.80 bits per heavy atom. The highest BCUT2D eigenvalue weighted by molar-refractivity contribution is 6.04. The minimum Gasteiger partial charge on any atom is -0.478 e. The SMILES string of the molecule is C=CC(=O)O.O=C(O)c1ccco1.O=C1C=CC(=O)O1. The van der Waals surface area contributed by atoms with E-state index in [1.165, 1.54) is 18.4 Å². The number of esters is 2. The smallest absolute Gasteiger partial charge is 0.371 e. The third kappa shape index (κ3) is 8.01.